The topological polar surface area (TPSA) is 74.3 Å². The zero-order chi connectivity index (χ0) is 17.7. The van der Waals surface area contributed by atoms with Crippen LogP contribution in [0.4, 0.5) is 4.79 Å². The van der Waals surface area contributed by atoms with Crippen molar-refractivity contribution < 1.29 is 28.5 Å². The molecule has 2 amide bonds. The molecular weight excluding hydrogens is 334 g/mol. The first-order chi connectivity index (χ1) is 11.5. The summed E-state index contributed by atoms with van der Waals surface area (Å²) in [6, 6.07) is 3.36. The molecule has 0 atom stereocenters. The summed E-state index contributed by atoms with van der Waals surface area (Å²) in [4.78, 5) is 25.8. The van der Waals surface area contributed by atoms with Gasteiger partial charge in [0.05, 0.1) is 39.4 Å². The molecule has 1 aliphatic rings. The van der Waals surface area contributed by atoms with Crippen LogP contribution in [0.2, 0.25) is 0 Å². The number of hydrogen-bond acceptors (Lipinski definition) is 7. The predicted molar refractivity (Wildman–Crippen MR) is 90.7 cm³/mol. The Morgan fingerprint density at radius 2 is 1.62 bits per heavy atom. The van der Waals surface area contributed by atoms with Gasteiger partial charge in [-0.3, -0.25) is 14.5 Å². The summed E-state index contributed by atoms with van der Waals surface area (Å²) in [6.07, 6.45) is 1.61. The van der Waals surface area contributed by atoms with Gasteiger partial charge < -0.3 is 18.9 Å². The number of ether oxygens (including phenoxy) is 4. The van der Waals surface area contributed by atoms with E-state index in [0.29, 0.717) is 34.3 Å². The molecule has 8 heteroatoms. The molecule has 0 aliphatic carbocycles. The zero-order valence-corrected chi connectivity index (χ0v) is 14.8. The normalized spacial score (nSPS) is 16.0. The molecule has 1 saturated heterocycles. The zero-order valence-electron chi connectivity index (χ0n) is 14.0. The standard InChI is InChI=1S/C16H19NO6S/c1-20-6-5-17-15(18)14(24-16(17)19)8-10-7-12(22-3)13(23-4)9-11(10)21-2/h7-9H,5-6H2,1-4H3/b14-8+. The maximum absolute atomic E-state index is 12.4. The molecule has 0 N–H and O–H groups in total. The van der Waals surface area contributed by atoms with Crippen LogP contribution in [0.15, 0.2) is 17.0 Å². The van der Waals surface area contributed by atoms with E-state index in [1.165, 1.54) is 28.4 Å². The van der Waals surface area contributed by atoms with Crippen LogP contribution in [0, 0.1) is 0 Å². The van der Waals surface area contributed by atoms with Crippen molar-refractivity contribution in [2.24, 2.45) is 0 Å². The highest BCUT2D eigenvalue weighted by molar-refractivity contribution is 8.18. The third-order valence-corrected chi connectivity index (χ3v) is 4.32. The van der Waals surface area contributed by atoms with Crippen molar-refractivity contribution in [1.29, 1.82) is 0 Å². The third kappa shape index (κ3) is 3.65. The smallest absolute Gasteiger partial charge is 0.293 e. The summed E-state index contributed by atoms with van der Waals surface area (Å²) >= 11 is 0.885. The minimum atomic E-state index is -0.348. The van der Waals surface area contributed by atoms with Crippen LogP contribution in [0.25, 0.3) is 6.08 Å². The molecule has 1 aliphatic heterocycles. The molecule has 0 bridgehead atoms. The van der Waals surface area contributed by atoms with Gasteiger partial charge in [-0.2, -0.15) is 0 Å². The van der Waals surface area contributed by atoms with Gasteiger partial charge >= 0.3 is 0 Å². The number of hydrogen-bond donors (Lipinski definition) is 0. The van der Waals surface area contributed by atoms with Gasteiger partial charge in [-0.15, -0.1) is 0 Å². The number of methoxy groups -OCH3 is 4. The molecule has 1 fully saturated rings. The quantitative estimate of drug-likeness (QED) is 0.697. The van der Waals surface area contributed by atoms with Crippen molar-refractivity contribution in [1.82, 2.24) is 4.90 Å². The van der Waals surface area contributed by atoms with Crippen LogP contribution in [0.5, 0.6) is 17.2 Å². The second-order valence-electron chi connectivity index (χ2n) is 4.78. The fourth-order valence-corrected chi connectivity index (χ4v) is 3.04. The molecule has 0 aromatic heterocycles. The van der Waals surface area contributed by atoms with Crippen LogP contribution < -0.4 is 14.2 Å². The highest BCUT2D eigenvalue weighted by Gasteiger charge is 2.34. The van der Waals surface area contributed by atoms with Crippen molar-refractivity contribution in [3.05, 3.63) is 22.6 Å². The van der Waals surface area contributed by atoms with Gasteiger partial charge in [0.2, 0.25) is 0 Å². The molecule has 0 saturated carbocycles. The van der Waals surface area contributed by atoms with E-state index in [1.54, 1.807) is 18.2 Å². The van der Waals surface area contributed by atoms with E-state index >= 15 is 0 Å². The maximum Gasteiger partial charge on any atom is 0.293 e. The van der Waals surface area contributed by atoms with Crippen molar-refractivity contribution in [3.8, 4) is 17.2 Å². The number of thioether (sulfide) groups is 1. The van der Waals surface area contributed by atoms with E-state index in [0.717, 1.165) is 16.7 Å². The number of benzene rings is 1. The van der Waals surface area contributed by atoms with Crippen LogP contribution in [0.3, 0.4) is 0 Å². The van der Waals surface area contributed by atoms with E-state index in [-0.39, 0.29) is 17.7 Å². The molecule has 0 unspecified atom stereocenters. The monoisotopic (exact) mass is 353 g/mol. The van der Waals surface area contributed by atoms with Gasteiger partial charge in [0.25, 0.3) is 11.1 Å². The fraction of sp³-hybridized carbons (Fsp3) is 0.375. The van der Waals surface area contributed by atoms with Gasteiger partial charge in [0, 0.05) is 18.7 Å². The molecule has 130 valence electrons. The van der Waals surface area contributed by atoms with Gasteiger partial charge in [-0.05, 0) is 23.9 Å². The van der Waals surface area contributed by atoms with E-state index in [1.807, 2.05) is 0 Å². The summed E-state index contributed by atoms with van der Waals surface area (Å²) < 4.78 is 20.7. The number of nitrogens with zero attached hydrogens (tertiary/aromatic N) is 1. The van der Waals surface area contributed by atoms with Crippen LogP contribution in [0.1, 0.15) is 5.56 Å². The Bertz CT molecular complexity index is 673. The number of amides is 2. The SMILES string of the molecule is COCCN1C(=O)S/C(=C/c2cc(OC)c(OC)cc2OC)C1=O. The van der Waals surface area contributed by atoms with Gasteiger partial charge in [0.1, 0.15) is 5.75 Å². The van der Waals surface area contributed by atoms with Crippen molar-refractivity contribution in [2.75, 3.05) is 41.6 Å². The van der Waals surface area contributed by atoms with Crippen LogP contribution >= 0.6 is 11.8 Å². The minimum absolute atomic E-state index is 0.224. The van der Waals surface area contributed by atoms with Crippen LogP contribution in [-0.4, -0.2) is 57.6 Å². The molecule has 2 rings (SSSR count). The molecule has 1 aromatic carbocycles. The number of rotatable bonds is 7. The summed E-state index contributed by atoms with van der Waals surface area (Å²) in [7, 11) is 6.08. The van der Waals surface area contributed by atoms with Crippen LogP contribution in [-0.2, 0) is 9.53 Å². The van der Waals surface area contributed by atoms with Gasteiger partial charge in [-0.25, -0.2) is 0 Å². The lowest BCUT2D eigenvalue weighted by Crippen LogP contribution is -2.31. The first kappa shape index (κ1) is 18.2. The number of imide groups is 1. The first-order valence-corrected chi connectivity index (χ1v) is 7.91. The Hall–Kier alpha value is -2.19. The van der Waals surface area contributed by atoms with E-state index < -0.39 is 0 Å². The third-order valence-electron chi connectivity index (χ3n) is 3.42. The lowest BCUT2D eigenvalue weighted by molar-refractivity contribution is -0.123. The second-order valence-corrected chi connectivity index (χ2v) is 5.77. The Kier molecular flexibility index (Phi) is 6.10. The average molecular weight is 353 g/mol. The molecule has 1 aromatic rings. The summed E-state index contributed by atoms with van der Waals surface area (Å²) in [5.74, 6) is 1.18. The largest absolute Gasteiger partial charge is 0.496 e. The summed E-state index contributed by atoms with van der Waals surface area (Å²) in [6.45, 7) is 0.520. The number of carbonyl (C=O) groups excluding carboxylic acids is 2. The van der Waals surface area contributed by atoms with Gasteiger partial charge in [0.15, 0.2) is 11.5 Å². The summed E-state index contributed by atoms with van der Waals surface area (Å²) in [5.41, 5.74) is 0.618. The Labute approximate surface area is 144 Å². The fourth-order valence-electron chi connectivity index (χ4n) is 2.18. The number of carbonyl (C=O) groups is 2. The van der Waals surface area contributed by atoms with E-state index in [2.05, 4.69) is 0 Å². The minimum Gasteiger partial charge on any atom is -0.496 e. The molecular formula is C16H19NO6S. The Balaban J connectivity index is 2.37. The van der Waals surface area contributed by atoms with Crippen molar-refractivity contribution in [2.45, 2.75) is 0 Å². The van der Waals surface area contributed by atoms with E-state index in [9.17, 15) is 9.59 Å². The molecule has 0 radical (unpaired) electrons. The Morgan fingerprint density at radius 3 is 2.21 bits per heavy atom. The molecule has 24 heavy (non-hydrogen) atoms. The van der Waals surface area contributed by atoms with Crippen molar-refractivity contribution >= 4 is 29.0 Å². The van der Waals surface area contributed by atoms with E-state index in [4.69, 9.17) is 18.9 Å². The maximum atomic E-state index is 12.4. The molecule has 0 spiro atoms. The molecule has 1 heterocycles. The molecule has 7 nitrogen and oxygen atoms in total. The highest BCUT2D eigenvalue weighted by atomic mass is 32.2. The van der Waals surface area contributed by atoms with Crippen molar-refractivity contribution in [3.63, 3.8) is 0 Å². The summed E-state index contributed by atoms with van der Waals surface area (Å²) in [5, 5.41) is -0.317. The Morgan fingerprint density at radius 1 is 1.00 bits per heavy atom. The lowest BCUT2D eigenvalue weighted by atomic mass is 10.1. The lowest BCUT2D eigenvalue weighted by Gasteiger charge is -2.13. The highest BCUT2D eigenvalue weighted by Crippen LogP contribution is 2.38. The second kappa shape index (κ2) is 8.07. The first-order valence-electron chi connectivity index (χ1n) is 7.10. The predicted octanol–water partition coefficient (Wildman–Crippen LogP) is 2.40. The van der Waals surface area contributed by atoms with Gasteiger partial charge in [-0.1, -0.05) is 0 Å². The average Bonchev–Trinajstić information content (AvgIpc) is 2.86.